The molecule has 1 atom stereocenters. The van der Waals surface area contributed by atoms with Gasteiger partial charge in [0.2, 0.25) is 5.91 Å². The fraction of sp³-hybridized carbons (Fsp3) is 0.435. The van der Waals surface area contributed by atoms with Gasteiger partial charge in [-0.2, -0.15) is 0 Å². The number of hydrogen-bond donors (Lipinski definition) is 2. The van der Waals surface area contributed by atoms with Gasteiger partial charge < -0.3 is 15.2 Å². The van der Waals surface area contributed by atoms with E-state index < -0.39 is 0 Å². The predicted octanol–water partition coefficient (Wildman–Crippen LogP) is 3.77. The maximum Gasteiger partial charge on any atom is 0.259 e. The summed E-state index contributed by atoms with van der Waals surface area (Å²) >= 11 is 1.50. The molecule has 1 unspecified atom stereocenters. The summed E-state index contributed by atoms with van der Waals surface area (Å²) in [4.78, 5) is 36.1. The average molecular weight is 443 g/mol. The summed E-state index contributed by atoms with van der Waals surface area (Å²) in [5.41, 5.74) is 2.42. The molecule has 2 N–H and O–H groups in total. The maximum atomic E-state index is 14.3. The highest BCUT2D eigenvalue weighted by Gasteiger charge is 2.23. The van der Waals surface area contributed by atoms with Crippen LogP contribution in [0.5, 0.6) is 0 Å². The zero-order valence-corrected chi connectivity index (χ0v) is 18.9. The normalized spacial score (nSPS) is 16.6. The van der Waals surface area contributed by atoms with Crippen LogP contribution in [0.1, 0.15) is 41.1 Å². The van der Waals surface area contributed by atoms with Crippen molar-refractivity contribution in [1.82, 2.24) is 15.3 Å². The molecule has 1 amide bonds. The smallest absolute Gasteiger partial charge is 0.259 e. The largest absolute Gasteiger partial charge is 0.367 e. The highest BCUT2D eigenvalue weighted by molar-refractivity contribution is 7.18. The number of halogens is 1. The molecule has 0 radical (unpaired) electrons. The number of anilines is 1. The third kappa shape index (κ3) is 4.63. The standard InChI is InChI=1S/C23H27FN4O2S/c1-13-6-7-17(24)18(11-13)28-10-4-5-16(12-28)25-20(29)9-8-19-26-22(30)21-14(2)15(3)31-23(21)27-19/h6-7,11,16H,4-5,8-10,12H2,1-3H3,(H,25,29)(H,26,27,30). The molecule has 3 aromatic rings. The number of nitrogens with zero attached hydrogens (tertiary/aromatic N) is 2. The van der Waals surface area contributed by atoms with Crippen molar-refractivity contribution in [3.8, 4) is 0 Å². The Morgan fingerprint density at radius 3 is 2.97 bits per heavy atom. The van der Waals surface area contributed by atoms with Gasteiger partial charge in [-0.05, 0) is 56.9 Å². The number of hydrogen-bond acceptors (Lipinski definition) is 5. The molecular formula is C23H27FN4O2S. The molecule has 1 aromatic carbocycles. The molecule has 0 aliphatic carbocycles. The lowest BCUT2D eigenvalue weighted by Gasteiger charge is -2.35. The van der Waals surface area contributed by atoms with Crippen molar-refractivity contribution in [3.05, 3.63) is 56.2 Å². The van der Waals surface area contributed by atoms with E-state index in [1.165, 1.54) is 17.4 Å². The van der Waals surface area contributed by atoms with Crippen molar-refractivity contribution >= 4 is 33.1 Å². The van der Waals surface area contributed by atoms with E-state index in [4.69, 9.17) is 0 Å². The van der Waals surface area contributed by atoms with Crippen LogP contribution in [-0.4, -0.2) is 35.0 Å². The number of carbonyl (C=O) groups is 1. The Hall–Kier alpha value is -2.74. The number of carbonyl (C=O) groups excluding carboxylic acids is 1. The van der Waals surface area contributed by atoms with Crippen LogP contribution in [0.25, 0.3) is 10.2 Å². The third-order valence-corrected chi connectivity index (χ3v) is 7.01. The van der Waals surface area contributed by atoms with Gasteiger partial charge >= 0.3 is 0 Å². The Morgan fingerprint density at radius 2 is 2.16 bits per heavy atom. The minimum atomic E-state index is -0.234. The summed E-state index contributed by atoms with van der Waals surface area (Å²) in [6, 6.07) is 5.08. The van der Waals surface area contributed by atoms with E-state index in [0.29, 0.717) is 29.9 Å². The first-order chi connectivity index (χ1) is 14.8. The summed E-state index contributed by atoms with van der Waals surface area (Å²) in [5.74, 6) is 0.209. The molecule has 0 saturated carbocycles. The molecule has 1 aliphatic rings. The van der Waals surface area contributed by atoms with Crippen molar-refractivity contribution in [2.75, 3.05) is 18.0 Å². The number of thiophene rings is 1. The first-order valence-electron chi connectivity index (χ1n) is 10.6. The number of amides is 1. The molecule has 1 aliphatic heterocycles. The SMILES string of the molecule is Cc1ccc(F)c(N2CCCC(NC(=O)CCc3nc4sc(C)c(C)c4c(=O)[nH]3)C2)c1. The molecule has 0 spiro atoms. The summed E-state index contributed by atoms with van der Waals surface area (Å²) in [6.07, 6.45) is 2.37. The first-order valence-corrected chi connectivity index (χ1v) is 11.4. The second kappa shape index (κ2) is 8.78. The molecule has 164 valence electrons. The number of aryl methyl sites for hydroxylation is 4. The topological polar surface area (TPSA) is 78.1 Å². The number of benzene rings is 1. The lowest BCUT2D eigenvalue weighted by atomic mass is 10.0. The van der Waals surface area contributed by atoms with Crippen LogP contribution in [0.4, 0.5) is 10.1 Å². The predicted molar refractivity (Wildman–Crippen MR) is 123 cm³/mol. The molecule has 8 heteroatoms. The second-order valence-electron chi connectivity index (χ2n) is 8.28. The van der Waals surface area contributed by atoms with Crippen molar-refractivity contribution in [1.29, 1.82) is 0 Å². The highest BCUT2D eigenvalue weighted by atomic mass is 32.1. The fourth-order valence-electron chi connectivity index (χ4n) is 4.13. The maximum absolute atomic E-state index is 14.3. The van der Waals surface area contributed by atoms with Crippen LogP contribution in [0.2, 0.25) is 0 Å². The average Bonchev–Trinajstić information content (AvgIpc) is 3.02. The van der Waals surface area contributed by atoms with Gasteiger partial charge in [0, 0.05) is 36.9 Å². The van der Waals surface area contributed by atoms with E-state index >= 15 is 0 Å². The molecule has 4 rings (SSSR count). The van der Waals surface area contributed by atoms with Gasteiger partial charge in [-0.15, -0.1) is 11.3 Å². The van der Waals surface area contributed by atoms with Gasteiger partial charge in [0.05, 0.1) is 11.1 Å². The zero-order valence-electron chi connectivity index (χ0n) is 18.0. The van der Waals surface area contributed by atoms with Gasteiger partial charge in [-0.3, -0.25) is 9.59 Å². The molecule has 3 heterocycles. The zero-order chi connectivity index (χ0) is 22.1. The number of aromatic nitrogens is 2. The summed E-state index contributed by atoms with van der Waals surface area (Å²) in [5, 5.41) is 3.71. The lowest BCUT2D eigenvalue weighted by Crippen LogP contribution is -2.48. The quantitative estimate of drug-likeness (QED) is 0.631. The summed E-state index contributed by atoms with van der Waals surface area (Å²) in [7, 11) is 0. The van der Waals surface area contributed by atoms with E-state index in [1.807, 2.05) is 31.7 Å². The van der Waals surface area contributed by atoms with Crippen LogP contribution >= 0.6 is 11.3 Å². The van der Waals surface area contributed by atoms with E-state index in [1.54, 1.807) is 6.07 Å². The monoisotopic (exact) mass is 442 g/mol. The number of aromatic amines is 1. The molecule has 1 saturated heterocycles. The number of rotatable bonds is 5. The number of H-pyrrole nitrogens is 1. The summed E-state index contributed by atoms with van der Waals surface area (Å²) < 4.78 is 14.3. The Morgan fingerprint density at radius 1 is 1.35 bits per heavy atom. The Bertz CT molecular complexity index is 1190. The van der Waals surface area contributed by atoms with Gasteiger partial charge in [0.25, 0.3) is 5.56 Å². The van der Waals surface area contributed by atoms with Crippen LogP contribution in [0.3, 0.4) is 0 Å². The van der Waals surface area contributed by atoms with E-state index in [2.05, 4.69) is 15.3 Å². The van der Waals surface area contributed by atoms with Crippen molar-refractivity contribution in [3.63, 3.8) is 0 Å². The first kappa shape index (κ1) is 21.5. The van der Waals surface area contributed by atoms with Crippen LogP contribution in [0.15, 0.2) is 23.0 Å². The van der Waals surface area contributed by atoms with E-state index in [-0.39, 0.29) is 29.7 Å². The van der Waals surface area contributed by atoms with Gasteiger partial charge in [-0.25, -0.2) is 9.37 Å². The molecule has 31 heavy (non-hydrogen) atoms. The van der Waals surface area contributed by atoms with Gasteiger partial charge in [0.15, 0.2) is 0 Å². The fourth-order valence-corrected chi connectivity index (χ4v) is 5.18. The van der Waals surface area contributed by atoms with Crippen LogP contribution < -0.4 is 15.8 Å². The Kier molecular flexibility index (Phi) is 6.09. The minimum absolute atomic E-state index is 0.0294. The second-order valence-corrected chi connectivity index (χ2v) is 9.49. The molecule has 2 aromatic heterocycles. The highest BCUT2D eigenvalue weighted by Crippen LogP contribution is 2.26. The van der Waals surface area contributed by atoms with Crippen molar-refractivity contribution in [2.24, 2.45) is 0 Å². The van der Waals surface area contributed by atoms with Gasteiger partial charge in [0.1, 0.15) is 16.5 Å². The molecule has 0 bridgehead atoms. The minimum Gasteiger partial charge on any atom is -0.367 e. The summed E-state index contributed by atoms with van der Waals surface area (Å²) in [6.45, 7) is 7.21. The van der Waals surface area contributed by atoms with Crippen molar-refractivity contribution < 1.29 is 9.18 Å². The van der Waals surface area contributed by atoms with Crippen LogP contribution in [-0.2, 0) is 11.2 Å². The Balaban J connectivity index is 1.37. The third-order valence-electron chi connectivity index (χ3n) is 5.91. The van der Waals surface area contributed by atoms with Crippen LogP contribution in [0, 0.1) is 26.6 Å². The number of piperidine rings is 1. The molecular weight excluding hydrogens is 415 g/mol. The number of nitrogens with one attached hydrogen (secondary N) is 2. The van der Waals surface area contributed by atoms with Gasteiger partial charge in [-0.1, -0.05) is 6.07 Å². The molecule has 6 nitrogen and oxygen atoms in total. The molecule has 1 fully saturated rings. The van der Waals surface area contributed by atoms with E-state index in [0.717, 1.165) is 40.2 Å². The van der Waals surface area contributed by atoms with Crippen molar-refractivity contribution in [2.45, 2.75) is 52.5 Å². The lowest BCUT2D eigenvalue weighted by molar-refractivity contribution is -0.121. The number of fused-ring (bicyclic) bond motifs is 1. The Labute approximate surface area is 184 Å². The van der Waals surface area contributed by atoms with E-state index in [9.17, 15) is 14.0 Å².